The summed E-state index contributed by atoms with van der Waals surface area (Å²) in [5.41, 5.74) is 1.25. The molecule has 4 heteroatoms. The Morgan fingerprint density at radius 1 is 0.875 bits per heavy atom. The molecule has 1 saturated carbocycles. The van der Waals surface area contributed by atoms with E-state index in [1.54, 1.807) is 0 Å². The average molecular weight is 348 g/mol. The maximum atomic E-state index is 14.7. The van der Waals surface area contributed by atoms with E-state index in [-0.39, 0.29) is 5.66 Å². The lowest BCUT2D eigenvalue weighted by molar-refractivity contribution is 0.173. The molecule has 1 aromatic rings. The molecule has 0 N–H and O–H groups in total. The quantitative estimate of drug-likeness (QED) is 0.653. The second-order valence-corrected chi connectivity index (χ2v) is 10.9. The summed E-state index contributed by atoms with van der Waals surface area (Å²) in [6.07, 6.45) is 4.93. The Labute approximate surface area is 147 Å². The van der Waals surface area contributed by atoms with Crippen LogP contribution in [0.2, 0.25) is 0 Å². The molecule has 1 saturated heterocycles. The van der Waals surface area contributed by atoms with Crippen LogP contribution in [0, 0.1) is 0 Å². The monoisotopic (exact) mass is 348 g/mol. The Hall–Kier alpha value is -0.630. The molecular weight excluding hydrogens is 315 g/mol. The fourth-order valence-corrected chi connectivity index (χ4v) is 9.32. The second kappa shape index (κ2) is 6.94. The largest absolute Gasteiger partial charge is 0.288 e. The minimum atomic E-state index is -2.65. The topological polar surface area (TPSA) is 23.6 Å². The number of fused-ring (bicyclic) bond motifs is 1. The third-order valence-electron chi connectivity index (χ3n) is 5.88. The van der Waals surface area contributed by atoms with Crippen molar-refractivity contribution in [2.24, 2.45) is 0 Å². The number of hydrogen-bond acceptors (Lipinski definition) is 1. The lowest BCUT2D eigenvalue weighted by Crippen LogP contribution is -2.43. The summed E-state index contributed by atoms with van der Waals surface area (Å²) in [7, 11) is -2.65. The van der Waals surface area contributed by atoms with Gasteiger partial charge >= 0.3 is 0 Å². The molecule has 2 fully saturated rings. The van der Waals surface area contributed by atoms with Crippen LogP contribution in [0.3, 0.4) is 0 Å². The molecule has 0 aromatic heterocycles. The molecule has 134 valence electrons. The molecule has 1 aliphatic carbocycles. The van der Waals surface area contributed by atoms with Crippen LogP contribution >= 0.6 is 7.44 Å². The Bertz CT molecular complexity index is 573. The first kappa shape index (κ1) is 18.2. The third kappa shape index (κ3) is 2.79. The van der Waals surface area contributed by atoms with Gasteiger partial charge in [-0.15, -0.1) is 0 Å². The first-order chi connectivity index (χ1) is 11.4. The molecule has 0 radical (unpaired) electrons. The highest BCUT2D eigenvalue weighted by Crippen LogP contribution is 2.72. The van der Waals surface area contributed by atoms with Crippen molar-refractivity contribution < 1.29 is 4.57 Å². The number of nitrogens with zero attached hydrogens (tertiary/aromatic N) is 2. The van der Waals surface area contributed by atoms with Crippen molar-refractivity contribution in [2.45, 2.75) is 90.1 Å². The first-order valence-electron chi connectivity index (χ1n) is 9.61. The van der Waals surface area contributed by atoms with E-state index in [0.717, 1.165) is 0 Å². The molecule has 2 aliphatic rings. The number of rotatable bonds is 4. The van der Waals surface area contributed by atoms with Crippen molar-refractivity contribution >= 4 is 7.44 Å². The highest BCUT2D eigenvalue weighted by atomic mass is 31.2. The second-order valence-electron chi connectivity index (χ2n) is 8.04. The van der Waals surface area contributed by atoms with Gasteiger partial charge in [-0.05, 0) is 53.0 Å². The smallest absolute Gasteiger partial charge is 0.224 e. The van der Waals surface area contributed by atoms with E-state index in [9.17, 15) is 4.57 Å². The molecule has 1 heterocycles. The molecule has 1 aliphatic heterocycles. The normalized spacial score (nSPS) is 29.1. The van der Waals surface area contributed by atoms with Crippen LogP contribution in [0.25, 0.3) is 0 Å². The van der Waals surface area contributed by atoms with Gasteiger partial charge in [-0.1, -0.05) is 43.2 Å². The molecule has 3 atom stereocenters. The van der Waals surface area contributed by atoms with Crippen LogP contribution < -0.4 is 0 Å². The SMILES string of the molecule is CC(C)N1[C@@H]2CCCC[C@H]2N(C(C)C)P1(=O)[C@H](C)c1ccccc1. The lowest BCUT2D eigenvalue weighted by atomic mass is 9.89. The van der Waals surface area contributed by atoms with E-state index in [1.165, 1.54) is 31.2 Å². The molecule has 0 unspecified atom stereocenters. The number of hydrogen-bond donors (Lipinski definition) is 0. The maximum Gasteiger partial charge on any atom is 0.224 e. The first-order valence-corrected chi connectivity index (χ1v) is 11.3. The number of benzene rings is 1. The molecular formula is C20H33N2OP. The Morgan fingerprint density at radius 3 is 1.75 bits per heavy atom. The van der Waals surface area contributed by atoms with Gasteiger partial charge in [0.05, 0.1) is 5.66 Å². The van der Waals surface area contributed by atoms with Gasteiger partial charge in [-0.3, -0.25) is 4.57 Å². The van der Waals surface area contributed by atoms with Crippen molar-refractivity contribution in [3.63, 3.8) is 0 Å². The maximum absolute atomic E-state index is 14.7. The summed E-state index contributed by atoms with van der Waals surface area (Å²) >= 11 is 0. The minimum absolute atomic E-state index is 0.0501. The van der Waals surface area contributed by atoms with Crippen LogP contribution in [0.5, 0.6) is 0 Å². The molecule has 0 bridgehead atoms. The van der Waals surface area contributed by atoms with E-state index in [4.69, 9.17) is 0 Å². The van der Waals surface area contributed by atoms with Gasteiger partial charge in [0.25, 0.3) is 0 Å². The van der Waals surface area contributed by atoms with Crippen LogP contribution in [-0.2, 0) is 4.57 Å². The molecule has 24 heavy (non-hydrogen) atoms. The van der Waals surface area contributed by atoms with Gasteiger partial charge in [-0.25, -0.2) is 9.34 Å². The van der Waals surface area contributed by atoms with E-state index >= 15 is 0 Å². The highest BCUT2D eigenvalue weighted by Gasteiger charge is 2.58. The van der Waals surface area contributed by atoms with Crippen LogP contribution in [0.15, 0.2) is 30.3 Å². The van der Waals surface area contributed by atoms with Gasteiger partial charge in [0.1, 0.15) is 0 Å². The molecule has 1 aromatic carbocycles. The summed E-state index contributed by atoms with van der Waals surface area (Å²) < 4.78 is 19.5. The molecule has 3 rings (SSSR count). The van der Waals surface area contributed by atoms with Crippen LogP contribution in [0.4, 0.5) is 0 Å². The van der Waals surface area contributed by atoms with Gasteiger partial charge in [0, 0.05) is 24.2 Å². The average Bonchev–Trinajstić information content (AvgIpc) is 2.84. The fourth-order valence-electron chi connectivity index (χ4n) is 5.01. The Kier molecular flexibility index (Phi) is 5.25. The van der Waals surface area contributed by atoms with Crippen molar-refractivity contribution in [1.82, 2.24) is 9.34 Å². The van der Waals surface area contributed by atoms with Crippen molar-refractivity contribution in [2.75, 3.05) is 0 Å². The van der Waals surface area contributed by atoms with Crippen LogP contribution in [0.1, 0.15) is 71.5 Å². The fraction of sp³-hybridized carbons (Fsp3) is 0.700. The Morgan fingerprint density at radius 2 is 1.33 bits per heavy atom. The van der Waals surface area contributed by atoms with Crippen molar-refractivity contribution in [1.29, 1.82) is 0 Å². The van der Waals surface area contributed by atoms with Gasteiger partial charge < -0.3 is 0 Å². The summed E-state index contributed by atoms with van der Waals surface area (Å²) in [6.45, 7) is 11.1. The van der Waals surface area contributed by atoms with Gasteiger partial charge in [0.15, 0.2) is 0 Å². The van der Waals surface area contributed by atoms with Gasteiger partial charge in [0.2, 0.25) is 7.44 Å². The lowest BCUT2D eigenvalue weighted by Gasteiger charge is -2.40. The predicted octanol–water partition coefficient (Wildman–Crippen LogP) is 5.69. The van der Waals surface area contributed by atoms with Crippen molar-refractivity contribution in [3.05, 3.63) is 35.9 Å². The minimum Gasteiger partial charge on any atom is -0.288 e. The summed E-state index contributed by atoms with van der Waals surface area (Å²) in [5, 5.41) is 0. The zero-order chi connectivity index (χ0) is 17.5. The standard InChI is InChI=1S/C20H33N2OP/c1-15(2)21-19-13-9-10-14-20(19)22(16(3)4)24(21,23)17(5)18-11-7-6-8-12-18/h6-8,11-12,15-17,19-20H,9-10,13-14H2,1-5H3/t17-,19-,20-/m1/s1. The highest BCUT2D eigenvalue weighted by molar-refractivity contribution is 7.59. The zero-order valence-electron chi connectivity index (χ0n) is 15.9. The summed E-state index contributed by atoms with van der Waals surface area (Å²) in [4.78, 5) is 0. The van der Waals surface area contributed by atoms with E-state index in [2.05, 4.69) is 68.2 Å². The van der Waals surface area contributed by atoms with E-state index in [0.29, 0.717) is 24.2 Å². The molecule has 0 amide bonds. The van der Waals surface area contributed by atoms with Crippen molar-refractivity contribution in [3.8, 4) is 0 Å². The van der Waals surface area contributed by atoms with E-state index in [1.807, 2.05) is 6.07 Å². The predicted molar refractivity (Wildman–Crippen MR) is 102 cm³/mol. The molecule has 3 nitrogen and oxygen atoms in total. The van der Waals surface area contributed by atoms with Gasteiger partial charge in [-0.2, -0.15) is 0 Å². The third-order valence-corrected chi connectivity index (χ3v) is 10.0. The molecule has 0 spiro atoms. The summed E-state index contributed by atoms with van der Waals surface area (Å²) in [5.74, 6) is 0. The zero-order valence-corrected chi connectivity index (χ0v) is 16.7. The summed E-state index contributed by atoms with van der Waals surface area (Å²) in [6, 6.07) is 12.0. The Balaban J connectivity index is 2.10. The van der Waals surface area contributed by atoms with E-state index < -0.39 is 7.44 Å². The van der Waals surface area contributed by atoms with Crippen LogP contribution in [-0.4, -0.2) is 33.5 Å².